The van der Waals surface area contributed by atoms with Crippen LogP contribution in [0.3, 0.4) is 0 Å². The van der Waals surface area contributed by atoms with Crippen LogP contribution in [0.5, 0.6) is 0 Å². The standard InChI is InChI=1S/C20H22N4S/c21-14-17-6-8-19(9-7-17)16-23-10-12-24(13-11-23)20(25)22-15-18-4-2-1-3-5-18/h1-9H,10-13,15-16H2,(H,22,25). The molecule has 0 radical (unpaired) electrons. The third kappa shape index (κ3) is 5.02. The van der Waals surface area contributed by atoms with Crippen LogP contribution in [0.2, 0.25) is 0 Å². The molecule has 1 heterocycles. The average molecular weight is 350 g/mol. The first-order valence-corrected chi connectivity index (χ1v) is 8.93. The fraction of sp³-hybridized carbons (Fsp3) is 0.300. The minimum absolute atomic E-state index is 0.711. The highest BCUT2D eigenvalue weighted by molar-refractivity contribution is 7.80. The van der Waals surface area contributed by atoms with Gasteiger partial charge in [-0.05, 0) is 35.5 Å². The number of hydrogen-bond acceptors (Lipinski definition) is 3. The Morgan fingerprint density at radius 3 is 2.28 bits per heavy atom. The summed E-state index contributed by atoms with van der Waals surface area (Å²) in [5, 5.41) is 13.1. The first-order valence-electron chi connectivity index (χ1n) is 8.53. The van der Waals surface area contributed by atoms with E-state index in [0.29, 0.717) is 5.56 Å². The summed E-state index contributed by atoms with van der Waals surface area (Å²) in [6.45, 7) is 5.56. The normalized spacial score (nSPS) is 14.8. The Hall–Kier alpha value is -2.42. The van der Waals surface area contributed by atoms with E-state index >= 15 is 0 Å². The van der Waals surface area contributed by atoms with Gasteiger partial charge in [0.15, 0.2) is 5.11 Å². The van der Waals surface area contributed by atoms with Crippen molar-refractivity contribution in [3.8, 4) is 6.07 Å². The Morgan fingerprint density at radius 2 is 1.64 bits per heavy atom. The molecule has 0 unspecified atom stereocenters. The lowest BCUT2D eigenvalue weighted by Crippen LogP contribution is -2.51. The van der Waals surface area contributed by atoms with Crippen molar-refractivity contribution in [2.45, 2.75) is 13.1 Å². The van der Waals surface area contributed by atoms with Gasteiger partial charge in [-0.1, -0.05) is 42.5 Å². The van der Waals surface area contributed by atoms with Gasteiger partial charge in [-0.25, -0.2) is 0 Å². The highest BCUT2D eigenvalue weighted by Gasteiger charge is 2.18. The van der Waals surface area contributed by atoms with Gasteiger partial charge in [-0.2, -0.15) is 5.26 Å². The molecular formula is C20H22N4S. The van der Waals surface area contributed by atoms with Gasteiger partial charge in [0.2, 0.25) is 0 Å². The van der Waals surface area contributed by atoms with E-state index in [1.807, 2.05) is 42.5 Å². The molecule has 0 spiro atoms. The Kier molecular flexibility index (Phi) is 5.99. The van der Waals surface area contributed by atoms with E-state index in [1.54, 1.807) is 0 Å². The minimum Gasteiger partial charge on any atom is -0.358 e. The second-order valence-electron chi connectivity index (χ2n) is 6.22. The lowest BCUT2D eigenvalue weighted by atomic mass is 10.1. The van der Waals surface area contributed by atoms with Gasteiger partial charge in [0.25, 0.3) is 0 Å². The summed E-state index contributed by atoms with van der Waals surface area (Å²) in [6, 6.07) is 20.3. The molecule has 3 rings (SSSR count). The zero-order valence-electron chi connectivity index (χ0n) is 14.2. The van der Waals surface area contributed by atoms with E-state index in [9.17, 15) is 0 Å². The molecule has 4 nitrogen and oxygen atoms in total. The Labute approximate surface area is 154 Å². The molecule has 0 aliphatic carbocycles. The van der Waals surface area contributed by atoms with Crippen LogP contribution < -0.4 is 5.32 Å². The van der Waals surface area contributed by atoms with Crippen molar-refractivity contribution in [1.82, 2.24) is 15.1 Å². The first-order chi connectivity index (χ1) is 12.2. The van der Waals surface area contributed by atoms with Crippen molar-refractivity contribution < 1.29 is 0 Å². The van der Waals surface area contributed by atoms with E-state index in [4.69, 9.17) is 17.5 Å². The van der Waals surface area contributed by atoms with Crippen molar-refractivity contribution >= 4 is 17.3 Å². The Balaban J connectivity index is 1.43. The molecule has 0 amide bonds. The van der Waals surface area contributed by atoms with Crippen LogP contribution in [-0.4, -0.2) is 41.1 Å². The molecule has 2 aromatic rings. The van der Waals surface area contributed by atoms with Gasteiger partial charge in [0, 0.05) is 39.3 Å². The maximum atomic E-state index is 8.86. The van der Waals surface area contributed by atoms with Crippen LogP contribution in [-0.2, 0) is 13.1 Å². The summed E-state index contributed by atoms with van der Waals surface area (Å²) in [5.74, 6) is 0. The molecule has 0 bridgehead atoms. The number of nitrogens with one attached hydrogen (secondary N) is 1. The number of thiocarbonyl (C=S) groups is 1. The highest BCUT2D eigenvalue weighted by atomic mass is 32.1. The van der Waals surface area contributed by atoms with E-state index in [1.165, 1.54) is 11.1 Å². The van der Waals surface area contributed by atoms with Crippen molar-refractivity contribution in [2.75, 3.05) is 26.2 Å². The second kappa shape index (κ2) is 8.61. The summed E-state index contributed by atoms with van der Waals surface area (Å²) in [5.41, 5.74) is 3.20. The van der Waals surface area contributed by atoms with Crippen molar-refractivity contribution in [3.63, 3.8) is 0 Å². The molecule has 128 valence electrons. The molecule has 1 fully saturated rings. The van der Waals surface area contributed by atoms with Crippen LogP contribution in [0, 0.1) is 11.3 Å². The number of nitriles is 1. The summed E-state index contributed by atoms with van der Waals surface area (Å²) >= 11 is 5.53. The fourth-order valence-electron chi connectivity index (χ4n) is 2.94. The van der Waals surface area contributed by atoms with Gasteiger partial charge in [0.1, 0.15) is 0 Å². The zero-order chi connectivity index (χ0) is 17.5. The molecule has 1 aliphatic heterocycles. The topological polar surface area (TPSA) is 42.3 Å². The molecular weight excluding hydrogens is 328 g/mol. The number of nitrogens with zero attached hydrogens (tertiary/aromatic N) is 3. The highest BCUT2D eigenvalue weighted by Crippen LogP contribution is 2.10. The lowest BCUT2D eigenvalue weighted by molar-refractivity contribution is 0.174. The maximum Gasteiger partial charge on any atom is 0.169 e. The predicted octanol–water partition coefficient (Wildman–Crippen LogP) is 2.75. The zero-order valence-corrected chi connectivity index (χ0v) is 15.0. The van der Waals surface area contributed by atoms with Crippen LogP contribution in [0.4, 0.5) is 0 Å². The minimum atomic E-state index is 0.711. The molecule has 0 atom stereocenters. The van der Waals surface area contributed by atoms with Crippen molar-refractivity contribution in [2.24, 2.45) is 0 Å². The lowest BCUT2D eigenvalue weighted by Gasteiger charge is -2.36. The largest absolute Gasteiger partial charge is 0.358 e. The summed E-state index contributed by atoms with van der Waals surface area (Å²) in [7, 11) is 0. The Bertz CT molecular complexity index is 729. The van der Waals surface area contributed by atoms with E-state index in [2.05, 4.69) is 33.3 Å². The number of rotatable bonds is 4. The van der Waals surface area contributed by atoms with Crippen molar-refractivity contribution in [1.29, 1.82) is 5.26 Å². The molecule has 0 saturated carbocycles. The van der Waals surface area contributed by atoms with Gasteiger partial charge < -0.3 is 10.2 Å². The third-order valence-corrected chi connectivity index (χ3v) is 4.84. The van der Waals surface area contributed by atoms with Crippen LogP contribution in [0.15, 0.2) is 54.6 Å². The number of hydrogen-bond donors (Lipinski definition) is 1. The molecule has 0 aromatic heterocycles. The van der Waals surface area contributed by atoms with Gasteiger partial charge in [-0.3, -0.25) is 4.90 Å². The summed E-state index contributed by atoms with van der Waals surface area (Å²) in [4.78, 5) is 4.67. The fourth-order valence-corrected chi connectivity index (χ4v) is 3.19. The second-order valence-corrected chi connectivity index (χ2v) is 6.60. The van der Waals surface area contributed by atoms with E-state index < -0.39 is 0 Å². The average Bonchev–Trinajstić information content (AvgIpc) is 2.68. The summed E-state index contributed by atoms with van der Waals surface area (Å²) < 4.78 is 0. The maximum absolute atomic E-state index is 8.86. The molecule has 25 heavy (non-hydrogen) atoms. The molecule has 1 aliphatic rings. The SMILES string of the molecule is N#Cc1ccc(CN2CCN(C(=S)NCc3ccccc3)CC2)cc1. The van der Waals surface area contributed by atoms with Crippen LogP contribution >= 0.6 is 12.2 Å². The Morgan fingerprint density at radius 1 is 0.960 bits per heavy atom. The third-order valence-electron chi connectivity index (χ3n) is 4.44. The van der Waals surface area contributed by atoms with Crippen LogP contribution in [0.1, 0.15) is 16.7 Å². The van der Waals surface area contributed by atoms with Gasteiger partial charge in [0.05, 0.1) is 11.6 Å². The van der Waals surface area contributed by atoms with Gasteiger partial charge in [-0.15, -0.1) is 0 Å². The van der Waals surface area contributed by atoms with E-state index in [0.717, 1.165) is 44.4 Å². The molecule has 2 aromatic carbocycles. The molecule has 1 saturated heterocycles. The number of benzene rings is 2. The molecule has 1 N–H and O–H groups in total. The quantitative estimate of drug-likeness (QED) is 0.859. The number of piperazine rings is 1. The van der Waals surface area contributed by atoms with Crippen molar-refractivity contribution in [3.05, 3.63) is 71.3 Å². The predicted molar refractivity (Wildman–Crippen MR) is 104 cm³/mol. The smallest absolute Gasteiger partial charge is 0.169 e. The van der Waals surface area contributed by atoms with Gasteiger partial charge >= 0.3 is 0 Å². The first kappa shape index (κ1) is 17.4. The molecule has 5 heteroatoms. The van der Waals surface area contributed by atoms with E-state index in [-0.39, 0.29) is 0 Å². The monoisotopic (exact) mass is 350 g/mol. The summed E-state index contributed by atoms with van der Waals surface area (Å²) in [6.07, 6.45) is 0. The van der Waals surface area contributed by atoms with Crippen LogP contribution in [0.25, 0.3) is 0 Å².